The van der Waals surface area contributed by atoms with Crippen LogP contribution in [0.2, 0.25) is 0 Å². The lowest BCUT2D eigenvalue weighted by atomic mass is 9.97. The van der Waals surface area contributed by atoms with Crippen LogP contribution in [0.15, 0.2) is 82.0 Å². The maximum Gasteiger partial charge on any atom is 0.255 e. The molecule has 0 saturated carbocycles. The van der Waals surface area contributed by atoms with E-state index in [2.05, 4.69) is 5.32 Å². The van der Waals surface area contributed by atoms with Gasteiger partial charge in [0.25, 0.3) is 11.5 Å². The molecule has 0 unspecified atom stereocenters. The monoisotopic (exact) mass is 564 g/mol. The predicted molar refractivity (Wildman–Crippen MR) is 160 cm³/mol. The maximum absolute atomic E-state index is 14.7. The van der Waals surface area contributed by atoms with E-state index in [0.29, 0.717) is 57.6 Å². The third-order valence-electron chi connectivity index (χ3n) is 7.99. The number of hydrogen-bond acceptors (Lipinski definition) is 4. The molecule has 1 N–H and O–H groups in total. The molecule has 9 heteroatoms. The molecule has 1 aliphatic rings. The zero-order valence-electron chi connectivity index (χ0n) is 23.2. The van der Waals surface area contributed by atoms with Crippen molar-refractivity contribution in [3.63, 3.8) is 0 Å². The Labute approximate surface area is 239 Å². The molecule has 0 radical (unpaired) electrons. The fourth-order valence-corrected chi connectivity index (χ4v) is 5.98. The van der Waals surface area contributed by atoms with E-state index in [1.54, 1.807) is 34.9 Å². The highest BCUT2D eigenvalue weighted by atomic mass is 19.1. The van der Waals surface area contributed by atoms with Gasteiger partial charge in [-0.2, -0.15) is 0 Å². The van der Waals surface area contributed by atoms with E-state index < -0.39 is 5.82 Å². The standard InChI is InChI=1S/C33H26F2N4O3/c1-36-33(41)31-23-15-21(26(37(2)3)17-29(23)42-32(31)18-7-9-20(34)10-8-18)19-13-27-28-16-22-24(35)5-4-6-25(22)38(28)11-12-39(27)30(40)14-19/h4-10,13-17H,11-12H2,1-3H3,(H,36,41). The van der Waals surface area contributed by atoms with Crippen LogP contribution in [0, 0.1) is 11.6 Å². The largest absolute Gasteiger partial charge is 0.455 e. The number of benzene rings is 3. The molecule has 42 heavy (non-hydrogen) atoms. The predicted octanol–water partition coefficient (Wildman–Crippen LogP) is 6.27. The van der Waals surface area contributed by atoms with Gasteiger partial charge in [-0.05, 0) is 60.2 Å². The van der Waals surface area contributed by atoms with Crippen molar-refractivity contribution in [2.45, 2.75) is 13.1 Å². The van der Waals surface area contributed by atoms with Crippen molar-refractivity contribution in [2.75, 3.05) is 26.0 Å². The minimum atomic E-state index is -0.394. The van der Waals surface area contributed by atoms with Gasteiger partial charge in [0.2, 0.25) is 0 Å². The molecule has 0 saturated heterocycles. The lowest BCUT2D eigenvalue weighted by molar-refractivity contribution is 0.0964. The highest BCUT2D eigenvalue weighted by Gasteiger charge is 2.26. The minimum absolute atomic E-state index is 0.171. The van der Waals surface area contributed by atoms with Crippen LogP contribution in [0.5, 0.6) is 0 Å². The van der Waals surface area contributed by atoms with E-state index in [1.807, 2.05) is 47.8 Å². The number of nitrogens with zero attached hydrogens (tertiary/aromatic N) is 3. The van der Waals surface area contributed by atoms with Crippen LogP contribution >= 0.6 is 0 Å². The van der Waals surface area contributed by atoms with Crippen molar-refractivity contribution in [3.8, 4) is 33.8 Å². The Bertz CT molecular complexity index is 2120. The van der Waals surface area contributed by atoms with Crippen LogP contribution < -0.4 is 15.8 Å². The summed E-state index contributed by atoms with van der Waals surface area (Å²) >= 11 is 0. The molecule has 0 aliphatic carbocycles. The first-order valence-electron chi connectivity index (χ1n) is 13.5. The summed E-state index contributed by atoms with van der Waals surface area (Å²) in [5, 5.41) is 3.75. The van der Waals surface area contributed by atoms with Gasteiger partial charge >= 0.3 is 0 Å². The zero-order valence-corrected chi connectivity index (χ0v) is 23.2. The average molecular weight is 565 g/mol. The first-order valence-corrected chi connectivity index (χ1v) is 13.5. The molecule has 1 aliphatic heterocycles. The smallest absolute Gasteiger partial charge is 0.255 e. The summed E-state index contributed by atoms with van der Waals surface area (Å²) in [6.07, 6.45) is 0. The number of anilines is 1. The van der Waals surface area contributed by atoms with E-state index >= 15 is 0 Å². The van der Waals surface area contributed by atoms with E-state index in [-0.39, 0.29) is 17.3 Å². The first-order chi connectivity index (χ1) is 20.2. The van der Waals surface area contributed by atoms with Crippen LogP contribution in [0.1, 0.15) is 10.4 Å². The van der Waals surface area contributed by atoms with Crippen molar-refractivity contribution >= 4 is 33.5 Å². The molecule has 3 aromatic heterocycles. The van der Waals surface area contributed by atoms with E-state index in [4.69, 9.17) is 4.42 Å². The van der Waals surface area contributed by atoms with Crippen molar-refractivity contribution in [3.05, 3.63) is 100 Å². The maximum atomic E-state index is 14.7. The molecule has 6 aromatic rings. The van der Waals surface area contributed by atoms with E-state index in [0.717, 1.165) is 22.5 Å². The molecular weight excluding hydrogens is 538 g/mol. The van der Waals surface area contributed by atoms with Crippen molar-refractivity contribution < 1.29 is 18.0 Å². The summed E-state index contributed by atoms with van der Waals surface area (Å²) in [7, 11) is 5.32. The van der Waals surface area contributed by atoms with Gasteiger partial charge < -0.3 is 23.8 Å². The summed E-state index contributed by atoms with van der Waals surface area (Å²) in [4.78, 5) is 28.6. The van der Waals surface area contributed by atoms with Gasteiger partial charge in [0.15, 0.2) is 0 Å². The molecule has 210 valence electrons. The number of carbonyl (C=O) groups is 1. The summed E-state index contributed by atoms with van der Waals surface area (Å²) in [5.74, 6) is -0.732. The zero-order chi connectivity index (χ0) is 29.3. The second kappa shape index (κ2) is 9.44. The molecule has 3 aromatic carbocycles. The van der Waals surface area contributed by atoms with Gasteiger partial charge in [0, 0.05) is 74.0 Å². The fraction of sp³-hybridized carbons (Fsp3) is 0.152. The topological polar surface area (TPSA) is 72.4 Å². The van der Waals surface area contributed by atoms with Crippen LogP contribution in [-0.2, 0) is 13.1 Å². The number of aromatic nitrogens is 2. The molecule has 0 atom stereocenters. The molecule has 0 fully saturated rings. The number of carbonyl (C=O) groups excluding carboxylic acids is 1. The van der Waals surface area contributed by atoms with Gasteiger partial charge in [0.1, 0.15) is 23.0 Å². The number of pyridine rings is 1. The number of nitrogens with one attached hydrogen (secondary N) is 1. The highest BCUT2D eigenvalue weighted by molar-refractivity contribution is 6.13. The summed E-state index contributed by atoms with van der Waals surface area (Å²) in [5.41, 5.74) is 5.58. The molecule has 1 amide bonds. The third-order valence-corrected chi connectivity index (χ3v) is 7.99. The molecule has 7 rings (SSSR count). The van der Waals surface area contributed by atoms with Gasteiger partial charge in [0.05, 0.1) is 22.5 Å². The van der Waals surface area contributed by atoms with E-state index in [1.165, 1.54) is 25.2 Å². The lowest BCUT2D eigenvalue weighted by Crippen LogP contribution is -2.28. The molecule has 0 bridgehead atoms. The second-order valence-electron chi connectivity index (χ2n) is 10.6. The highest BCUT2D eigenvalue weighted by Crippen LogP contribution is 2.41. The quantitative estimate of drug-likeness (QED) is 0.274. The SMILES string of the molecule is CNC(=O)c1c(-c2ccc(F)cc2)oc2cc(N(C)C)c(-c3cc4n(c(=O)c3)CCn3c-4cc4c(F)cccc43)cc12. The Morgan fingerprint density at radius 3 is 2.36 bits per heavy atom. The Balaban J connectivity index is 1.49. The Morgan fingerprint density at radius 2 is 1.62 bits per heavy atom. The average Bonchev–Trinajstić information content (AvgIpc) is 3.56. The van der Waals surface area contributed by atoms with Gasteiger partial charge in [-0.15, -0.1) is 0 Å². The van der Waals surface area contributed by atoms with Gasteiger partial charge in [-0.25, -0.2) is 8.78 Å². The number of rotatable bonds is 4. The number of aryl methyl sites for hydroxylation is 1. The minimum Gasteiger partial charge on any atom is -0.455 e. The Morgan fingerprint density at radius 1 is 0.881 bits per heavy atom. The van der Waals surface area contributed by atoms with Gasteiger partial charge in [-0.3, -0.25) is 9.59 Å². The van der Waals surface area contributed by atoms with Crippen LogP contribution in [0.4, 0.5) is 14.5 Å². The molecule has 4 heterocycles. The Hall–Kier alpha value is -5.18. The second-order valence-corrected chi connectivity index (χ2v) is 10.6. The first kappa shape index (κ1) is 25.8. The fourth-order valence-electron chi connectivity index (χ4n) is 5.98. The van der Waals surface area contributed by atoms with Crippen molar-refractivity contribution in [2.24, 2.45) is 0 Å². The lowest BCUT2D eigenvalue weighted by Gasteiger charge is -2.24. The van der Waals surface area contributed by atoms with E-state index in [9.17, 15) is 18.4 Å². The van der Waals surface area contributed by atoms with Crippen LogP contribution in [0.25, 0.3) is 55.7 Å². The number of halogens is 2. The number of furan rings is 1. The normalized spacial score (nSPS) is 12.4. The van der Waals surface area contributed by atoms with Crippen LogP contribution in [-0.4, -0.2) is 36.2 Å². The number of fused-ring (bicyclic) bond motifs is 6. The molecule has 7 nitrogen and oxygen atoms in total. The van der Waals surface area contributed by atoms with Crippen molar-refractivity contribution in [1.29, 1.82) is 0 Å². The van der Waals surface area contributed by atoms with Crippen LogP contribution in [0.3, 0.4) is 0 Å². The number of amides is 1. The van der Waals surface area contributed by atoms with Gasteiger partial charge in [-0.1, -0.05) is 6.07 Å². The number of hydrogen-bond donors (Lipinski definition) is 1. The molecule has 0 spiro atoms. The van der Waals surface area contributed by atoms with Crippen molar-refractivity contribution in [1.82, 2.24) is 14.5 Å². The summed E-state index contributed by atoms with van der Waals surface area (Å²) in [6.45, 7) is 1.02. The Kier molecular flexibility index (Phi) is 5.79. The third kappa shape index (κ3) is 3.84. The summed E-state index contributed by atoms with van der Waals surface area (Å²) < 4.78 is 38.3. The summed E-state index contributed by atoms with van der Waals surface area (Å²) in [6, 6.07) is 19.8. The molecular formula is C33H26F2N4O3.